The van der Waals surface area contributed by atoms with Crippen LogP contribution >= 0.6 is 11.8 Å². The number of anilines is 1. The number of carbonyl (C=O) groups excluding carboxylic acids is 2. The molecule has 0 spiro atoms. The lowest BCUT2D eigenvalue weighted by Crippen LogP contribution is -2.49. The standard InChI is InChI=1S/C19H21N3O4S2/c1-14-5-7-16(8-6-14)27-13-19(24)21-15-3-2-4-17(11-15)28(25,26)22-10-9-20-18(23)12-22/h2-8,11H,9-10,12-13H2,1H3,(H,20,23)(H,21,24). The molecule has 0 bridgehead atoms. The van der Waals surface area contributed by atoms with Crippen molar-refractivity contribution >= 4 is 39.3 Å². The molecule has 0 unspecified atom stereocenters. The van der Waals surface area contributed by atoms with Crippen LogP contribution in [0.5, 0.6) is 0 Å². The fourth-order valence-electron chi connectivity index (χ4n) is 2.68. The quantitative estimate of drug-likeness (QED) is 0.697. The van der Waals surface area contributed by atoms with Gasteiger partial charge in [0.15, 0.2) is 0 Å². The van der Waals surface area contributed by atoms with E-state index in [9.17, 15) is 18.0 Å². The van der Waals surface area contributed by atoms with Crippen LogP contribution in [0, 0.1) is 6.92 Å². The summed E-state index contributed by atoms with van der Waals surface area (Å²) in [6.07, 6.45) is 0. The highest BCUT2D eigenvalue weighted by atomic mass is 32.2. The van der Waals surface area contributed by atoms with Crippen molar-refractivity contribution in [3.63, 3.8) is 0 Å². The van der Waals surface area contributed by atoms with Gasteiger partial charge in [-0.2, -0.15) is 4.31 Å². The Morgan fingerprint density at radius 3 is 2.68 bits per heavy atom. The van der Waals surface area contributed by atoms with Crippen LogP contribution in [0.15, 0.2) is 58.3 Å². The number of nitrogens with zero attached hydrogens (tertiary/aromatic N) is 1. The molecule has 0 aliphatic carbocycles. The van der Waals surface area contributed by atoms with Crippen molar-refractivity contribution in [1.82, 2.24) is 9.62 Å². The van der Waals surface area contributed by atoms with Gasteiger partial charge in [-0.1, -0.05) is 23.8 Å². The molecule has 0 radical (unpaired) electrons. The first kappa shape index (κ1) is 20.4. The molecule has 1 aliphatic heterocycles. The highest BCUT2D eigenvalue weighted by molar-refractivity contribution is 8.00. The van der Waals surface area contributed by atoms with E-state index in [2.05, 4.69) is 10.6 Å². The molecule has 0 aromatic heterocycles. The maximum Gasteiger partial charge on any atom is 0.243 e. The van der Waals surface area contributed by atoms with Gasteiger partial charge in [0.1, 0.15) is 0 Å². The number of aryl methyl sites for hydroxylation is 1. The van der Waals surface area contributed by atoms with Crippen molar-refractivity contribution in [2.45, 2.75) is 16.7 Å². The summed E-state index contributed by atoms with van der Waals surface area (Å²) in [7, 11) is -3.80. The van der Waals surface area contributed by atoms with Gasteiger partial charge in [-0.25, -0.2) is 8.42 Å². The first-order valence-electron chi connectivity index (χ1n) is 8.71. The molecule has 2 aromatic carbocycles. The molecule has 1 fully saturated rings. The zero-order valence-corrected chi connectivity index (χ0v) is 17.0. The van der Waals surface area contributed by atoms with Gasteiger partial charge in [-0.3, -0.25) is 9.59 Å². The minimum atomic E-state index is -3.80. The van der Waals surface area contributed by atoms with Crippen molar-refractivity contribution in [2.75, 3.05) is 30.7 Å². The molecule has 1 saturated heterocycles. The molecular weight excluding hydrogens is 398 g/mol. The first-order valence-corrected chi connectivity index (χ1v) is 11.1. The lowest BCUT2D eigenvalue weighted by atomic mass is 10.2. The molecule has 2 amide bonds. The Bertz CT molecular complexity index is 975. The number of hydrogen-bond acceptors (Lipinski definition) is 5. The maximum absolute atomic E-state index is 12.7. The normalized spacial score (nSPS) is 15.1. The summed E-state index contributed by atoms with van der Waals surface area (Å²) in [5.41, 5.74) is 1.55. The summed E-state index contributed by atoms with van der Waals surface area (Å²) >= 11 is 1.41. The number of amides is 2. The third-order valence-electron chi connectivity index (χ3n) is 4.15. The predicted molar refractivity (Wildman–Crippen MR) is 109 cm³/mol. The largest absolute Gasteiger partial charge is 0.354 e. The van der Waals surface area contributed by atoms with Gasteiger partial charge < -0.3 is 10.6 Å². The lowest BCUT2D eigenvalue weighted by molar-refractivity contribution is -0.122. The summed E-state index contributed by atoms with van der Waals surface area (Å²) < 4.78 is 26.6. The number of piperazine rings is 1. The Hall–Kier alpha value is -2.36. The third kappa shape index (κ3) is 5.12. The van der Waals surface area contributed by atoms with E-state index < -0.39 is 10.0 Å². The zero-order chi connectivity index (χ0) is 20.1. The van der Waals surface area contributed by atoms with Crippen molar-refractivity contribution in [3.8, 4) is 0 Å². The van der Waals surface area contributed by atoms with Crippen LogP contribution in [-0.4, -0.2) is 49.9 Å². The fourth-order valence-corrected chi connectivity index (χ4v) is 4.83. The van der Waals surface area contributed by atoms with Crippen molar-refractivity contribution in [1.29, 1.82) is 0 Å². The van der Waals surface area contributed by atoms with Gasteiger partial charge in [-0.15, -0.1) is 11.8 Å². The van der Waals surface area contributed by atoms with E-state index >= 15 is 0 Å². The van der Waals surface area contributed by atoms with Gasteiger partial charge in [-0.05, 0) is 37.3 Å². The number of thioether (sulfide) groups is 1. The van der Waals surface area contributed by atoms with Gasteiger partial charge in [0.2, 0.25) is 21.8 Å². The molecule has 7 nitrogen and oxygen atoms in total. The second-order valence-electron chi connectivity index (χ2n) is 6.37. The molecule has 0 saturated carbocycles. The maximum atomic E-state index is 12.7. The van der Waals surface area contributed by atoms with Crippen LogP contribution < -0.4 is 10.6 Å². The van der Waals surface area contributed by atoms with Gasteiger partial charge in [0.05, 0.1) is 17.2 Å². The van der Waals surface area contributed by atoms with E-state index in [1.165, 1.54) is 23.9 Å². The Balaban J connectivity index is 1.64. The molecular formula is C19H21N3O4S2. The first-order chi connectivity index (χ1) is 13.3. The van der Waals surface area contributed by atoms with Gasteiger partial charge in [0, 0.05) is 23.7 Å². The minimum Gasteiger partial charge on any atom is -0.354 e. The second kappa shape index (κ2) is 8.76. The van der Waals surface area contributed by atoms with Crippen molar-refractivity contribution < 1.29 is 18.0 Å². The molecule has 2 aromatic rings. The van der Waals surface area contributed by atoms with E-state index in [-0.39, 0.29) is 42.1 Å². The van der Waals surface area contributed by atoms with E-state index in [1.54, 1.807) is 12.1 Å². The summed E-state index contributed by atoms with van der Waals surface area (Å²) in [5, 5.41) is 5.32. The highest BCUT2D eigenvalue weighted by Crippen LogP contribution is 2.22. The lowest BCUT2D eigenvalue weighted by Gasteiger charge is -2.26. The number of nitrogens with one attached hydrogen (secondary N) is 2. The zero-order valence-electron chi connectivity index (χ0n) is 15.3. The average Bonchev–Trinajstić information content (AvgIpc) is 2.68. The van der Waals surface area contributed by atoms with E-state index in [0.29, 0.717) is 5.69 Å². The molecule has 3 rings (SSSR count). The Labute approximate surface area is 168 Å². The predicted octanol–water partition coefficient (Wildman–Crippen LogP) is 1.85. The number of rotatable bonds is 6. The van der Waals surface area contributed by atoms with Crippen LogP contribution in [-0.2, 0) is 19.6 Å². The van der Waals surface area contributed by atoms with E-state index in [4.69, 9.17) is 0 Å². The monoisotopic (exact) mass is 419 g/mol. The minimum absolute atomic E-state index is 0.0474. The fraction of sp³-hybridized carbons (Fsp3) is 0.263. The number of benzene rings is 2. The Kier molecular flexibility index (Phi) is 6.38. The van der Waals surface area contributed by atoms with E-state index in [0.717, 1.165) is 14.8 Å². The summed E-state index contributed by atoms with van der Waals surface area (Å²) in [6.45, 7) is 2.30. The number of hydrogen-bond donors (Lipinski definition) is 2. The Morgan fingerprint density at radius 1 is 1.21 bits per heavy atom. The molecule has 1 aliphatic rings. The molecule has 148 valence electrons. The van der Waals surface area contributed by atoms with Crippen LogP contribution in [0.2, 0.25) is 0 Å². The molecule has 28 heavy (non-hydrogen) atoms. The molecule has 2 N–H and O–H groups in total. The summed E-state index contributed by atoms with van der Waals surface area (Å²) in [4.78, 5) is 24.7. The van der Waals surface area contributed by atoms with E-state index in [1.807, 2.05) is 31.2 Å². The summed E-state index contributed by atoms with van der Waals surface area (Å²) in [6, 6.07) is 13.9. The number of sulfonamides is 1. The third-order valence-corrected chi connectivity index (χ3v) is 7.00. The smallest absolute Gasteiger partial charge is 0.243 e. The number of carbonyl (C=O) groups is 2. The molecule has 9 heteroatoms. The van der Waals surface area contributed by atoms with Crippen molar-refractivity contribution in [2.24, 2.45) is 0 Å². The highest BCUT2D eigenvalue weighted by Gasteiger charge is 2.29. The second-order valence-corrected chi connectivity index (χ2v) is 9.35. The van der Waals surface area contributed by atoms with Gasteiger partial charge >= 0.3 is 0 Å². The summed E-state index contributed by atoms with van der Waals surface area (Å²) in [5.74, 6) is -0.336. The van der Waals surface area contributed by atoms with Crippen LogP contribution in [0.3, 0.4) is 0 Å². The topological polar surface area (TPSA) is 95.6 Å². The Morgan fingerprint density at radius 2 is 1.96 bits per heavy atom. The van der Waals surface area contributed by atoms with Gasteiger partial charge in [0.25, 0.3) is 0 Å². The van der Waals surface area contributed by atoms with Crippen LogP contribution in [0.4, 0.5) is 5.69 Å². The average molecular weight is 420 g/mol. The van der Waals surface area contributed by atoms with Crippen LogP contribution in [0.25, 0.3) is 0 Å². The SMILES string of the molecule is Cc1ccc(SCC(=O)Nc2cccc(S(=O)(=O)N3CCNC(=O)C3)c2)cc1. The van der Waals surface area contributed by atoms with Crippen LogP contribution in [0.1, 0.15) is 5.56 Å². The molecule has 1 heterocycles. The molecule has 0 atom stereocenters. The van der Waals surface area contributed by atoms with Crippen molar-refractivity contribution in [3.05, 3.63) is 54.1 Å².